The highest BCUT2D eigenvalue weighted by molar-refractivity contribution is 7.89. The molecule has 1 atom stereocenters. The third kappa shape index (κ3) is 4.26. The van der Waals surface area contributed by atoms with Crippen LogP contribution in [0.25, 0.3) is 0 Å². The van der Waals surface area contributed by atoms with Crippen molar-refractivity contribution in [2.24, 2.45) is 11.1 Å². The molecule has 0 spiro atoms. The smallest absolute Gasteiger partial charge is 0.243 e. The topological polar surface area (TPSA) is 72.2 Å². The van der Waals surface area contributed by atoms with Crippen LogP contribution < -0.4 is 10.5 Å². The molecule has 0 aliphatic heterocycles. The van der Waals surface area contributed by atoms with Crippen molar-refractivity contribution in [3.05, 3.63) is 30.1 Å². The third-order valence-electron chi connectivity index (χ3n) is 2.92. The number of rotatable bonds is 5. The van der Waals surface area contributed by atoms with Crippen molar-refractivity contribution >= 4 is 10.0 Å². The summed E-state index contributed by atoms with van der Waals surface area (Å²) in [4.78, 5) is -0.332. The van der Waals surface area contributed by atoms with Crippen LogP contribution in [0.15, 0.2) is 29.2 Å². The van der Waals surface area contributed by atoms with E-state index in [4.69, 9.17) is 5.73 Å². The summed E-state index contributed by atoms with van der Waals surface area (Å²) in [5.74, 6) is -0.754. The first-order chi connectivity index (χ1) is 8.68. The van der Waals surface area contributed by atoms with Gasteiger partial charge in [0.25, 0.3) is 0 Å². The van der Waals surface area contributed by atoms with E-state index in [1.165, 1.54) is 18.2 Å². The average molecular weight is 288 g/mol. The van der Waals surface area contributed by atoms with Crippen molar-refractivity contribution < 1.29 is 12.8 Å². The zero-order valence-corrected chi connectivity index (χ0v) is 12.3. The van der Waals surface area contributed by atoms with Crippen LogP contribution in [0.5, 0.6) is 0 Å². The van der Waals surface area contributed by atoms with Gasteiger partial charge in [-0.1, -0.05) is 32.9 Å². The molecule has 19 heavy (non-hydrogen) atoms. The molecule has 1 aromatic rings. The summed E-state index contributed by atoms with van der Waals surface area (Å²) < 4.78 is 40.5. The molecule has 0 heterocycles. The molecule has 4 nitrogen and oxygen atoms in total. The van der Waals surface area contributed by atoms with Gasteiger partial charge in [0.15, 0.2) is 0 Å². The molecule has 0 saturated heterocycles. The van der Waals surface area contributed by atoms with Gasteiger partial charge in [-0.2, -0.15) is 0 Å². The van der Waals surface area contributed by atoms with E-state index in [9.17, 15) is 12.8 Å². The van der Waals surface area contributed by atoms with Crippen molar-refractivity contribution in [1.29, 1.82) is 0 Å². The summed E-state index contributed by atoms with van der Waals surface area (Å²) in [6.45, 7) is 6.10. The highest BCUT2D eigenvalue weighted by Gasteiger charge is 2.30. The molecule has 6 heteroatoms. The molecular weight excluding hydrogens is 267 g/mol. The average Bonchev–Trinajstić information content (AvgIpc) is 2.27. The van der Waals surface area contributed by atoms with Gasteiger partial charge >= 0.3 is 0 Å². The van der Waals surface area contributed by atoms with Gasteiger partial charge < -0.3 is 5.73 Å². The summed E-state index contributed by atoms with van der Waals surface area (Å²) >= 11 is 0. The van der Waals surface area contributed by atoms with E-state index in [-0.39, 0.29) is 16.4 Å². The lowest BCUT2D eigenvalue weighted by atomic mass is 9.85. The van der Waals surface area contributed by atoms with E-state index in [0.29, 0.717) is 13.0 Å². The molecule has 0 aliphatic rings. The zero-order chi connectivity index (χ0) is 14.7. The minimum Gasteiger partial charge on any atom is -0.330 e. The Morgan fingerprint density at radius 3 is 2.37 bits per heavy atom. The Bertz CT molecular complexity index is 524. The van der Waals surface area contributed by atoms with Crippen molar-refractivity contribution in [2.45, 2.75) is 38.1 Å². The van der Waals surface area contributed by atoms with Crippen molar-refractivity contribution in [3.63, 3.8) is 0 Å². The van der Waals surface area contributed by atoms with Crippen LogP contribution >= 0.6 is 0 Å². The summed E-state index contributed by atoms with van der Waals surface area (Å²) in [5.41, 5.74) is 5.21. The highest BCUT2D eigenvalue weighted by Crippen LogP contribution is 2.24. The second kappa shape index (κ2) is 5.98. The van der Waals surface area contributed by atoms with Crippen LogP contribution in [-0.4, -0.2) is 21.0 Å². The molecule has 1 unspecified atom stereocenters. The fourth-order valence-corrected chi connectivity index (χ4v) is 3.30. The highest BCUT2D eigenvalue weighted by atomic mass is 32.2. The minimum absolute atomic E-state index is 0.294. The van der Waals surface area contributed by atoms with Gasteiger partial charge in [-0.3, -0.25) is 0 Å². The van der Waals surface area contributed by atoms with Crippen LogP contribution in [0, 0.1) is 11.2 Å². The molecule has 108 valence electrons. The SMILES string of the molecule is CC(C)(C)C(CCN)NS(=O)(=O)c1ccccc1F. The molecule has 0 fully saturated rings. The predicted molar refractivity (Wildman–Crippen MR) is 73.6 cm³/mol. The number of sulfonamides is 1. The maximum atomic E-state index is 13.6. The standard InChI is InChI=1S/C13H21FN2O2S/c1-13(2,3)12(8-9-15)16-19(17,18)11-7-5-4-6-10(11)14/h4-7,12,16H,8-9,15H2,1-3H3. The van der Waals surface area contributed by atoms with Gasteiger partial charge in [-0.25, -0.2) is 17.5 Å². The Balaban J connectivity index is 3.05. The van der Waals surface area contributed by atoms with Crippen LogP contribution in [-0.2, 0) is 10.0 Å². The fourth-order valence-electron chi connectivity index (χ4n) is 1.75. The zero-order valence-electron chi connectivity index (χ0n) is 11.5. The molecule has 0 aromatic heterocycles. The van der Waals surface area contributed by atoms with E-state index in [1.54, 1.807) is 0 Å². The second-order valence-electron chi connectivity index (χ2n) is 5.55. The largest absolute Gasteiger partial charge is 0.330 e. The maximum Gasteiger partial charge on any atom is 0.243 e. The number of hydrogen-bond acceptors (Lipinski definition) is 3. The van der Waals surface area contributed by atoms with Crippen LogP contribution in [0.4, 0.5) is 4.39 Å². The lowest BCUT2D eigenvalue weighted by molar-refractivity contribution is 0.287. The summed E-state index contributed by atoms with van der Waals surface area (Å²) in [7, 11) is -3.88. The molecule has 0 aliphatic carbocycles. The number of halogens is 1. The minimum atomic E-state index is -3.88. The first kappa shape index (κ1) is 16.1. The van der Waals surface area contributed by atoms with Crippen LogP contribution in [0.1, 0.15) is 27.2 Å². The van der Waals surface area contributed by atoms with Gasteiger partial charge in [-0.05, 0) is 30.5 Å². The Hall–Kier alpha value is -0.980. The molecular formula is C13H21FN2O2S. The Morgan fingerprint density at radius 2 is 1.89 bits per heavy atom. The maximum absolute atomic E-state index is 13.6. The van der Waals surface area contributed by atoms with E-state index < -0.39 is 15.8 Å². The first-order valence-electron chi connectivity index (χ1n) is 6.15. The Morgan fingerprint density at radius 1 is 1.32 bits per heavy atom. The molecule has 0 amide bonds. The van der Waals surface area contributed by atoms with E-state index in [1.807, 2.05) is 20.8 Å². The molecule has 3 N–H and O–H groups in total. The van der Waals surface area contributed by atoms with Crippen molar-refractivity contribution in [3.8, 4) is 0 Å². The predicted octanol–water partition coefficient (Wildman–Crippen LogP) is 1.87. The summed E-state index contributed by atoms with van der Waals surface area (Å²) in [6.07, 6.45) is 0.497. The molecule has 0 saturated carbocycles. The quantitative estimate of drug-likeness (QED) is 0.868. The van der Waals surface area contributed by atoms with Gasteiger partial charge in [0.2, 0.25) is 10.0 Å². The van der Waals surface area contributed by atoms with E-state index in [2.05, 4.69) is 4.72 Å². The second-order valence-corrected chi connectivity index (χ2v) is 7.23. The molecule has 1 aromatic carbocycles. The van der Waals surface area contributed by atoms with Gasteiger partial charge in [0, 0.05) is 6.04 Å². The van der Waals surface area contributed by atoms with Crippen molar-refractivity contribution in [2.75, 3.05) is 6.54 Å². The fraction of sp³-hybridized carbons (Fsp3) is 0.538. The number of nitrogens with two attached hydrogens (primary N) is 1. The first-order valence-corrected chi connectivity index (χ1v) is 7.63. The normalized spacial score (nSPS) is 14.4. The van der Waals surface area contributed by atoms with E-state index in [0.717, 1.165) is 6.07 Å². The third-order valence-corrected chi connectivity index (χ3v) is 4.43. The number of nitrogens with one attached hydrogen (secondary N) is 1. The van der Waals surface area contributed by atoms with E-state index >= 15 is 0 Å². The van der Waals surface area contributed by atoms with Crippen LogP contribution in [0.2, 0.25) is 0 Å². The van der Waals surface area contributed by atoms with Gasteiger partial charge in [0.05, 0.1) is 0 Å². The molecule has 0 radical (unpaired) electrons. The number of benzene rings is 1. The monoisotopic (exact) mass is 288 g/mol. The van der Waals surface area contributed by atoms with Gasteiger partial charge in [-0.15, -0.1) is 0 Å². The Kier molecular flexibility index (Phi) is 5.06. The van der Waals surface area contributed by atoms with Crippen LogP contribution in [0.3, 0.4) is 0 Å². The number of hydrogen-bond donors (Lipinski definition) is 2. The summed E-state index contributed by atoms with van der Waals surface area (Å²) in [5, 5.41) is 0. The lowest BCUT2D eigenvalue weighted by Gasteiger charge is -2.31. The Labute approximate surface area is 114 Å². The molecule has 1 rings (SSSR count). The summed E-state index contributed by atoms with van der Waals surface area (Å²) in [6, 6.07) is 4.98. The van der Waals surface area contributed by atoms with Gasteiger partial charge in [0.1, 0.15) is 10.7 Å². The van der Waals surface area contributed by atoms with Crippen molar-refractivity contribution in [1.82, 2.24) is 4.72 Å². The molecule has 0 bridgehead atoms. The lowest BCUT2D eigenvalue weighted by Crippen LogP contribution is -2.44.